The summed E-state index contributed by atoms with van der Waals surface area (Å²) in [6.07, 6.45) is 2.44. The summed E-state index contributed by atoms with van der Waals surface area (Å²) in [5, 5.41) is 6.70. The van der Waals surface area contributed by atoms with Gasteiger partial charge in [-0.1, -0.05) is 25.0 Å². The van der Waals surface area contributed by atoms with Crippen molar-refractivity contribution in [3.8, 4) is 11.5 Å². The quantitative estimate of drug-likeness (QED) is 0.894. The fourth-order valence-electron chi connectivity index (χ4n) is 3.70. The molecule has 0 saturated carbocycles. The second-order valence-electron chi connectivity index (χ2n) is 6.02. The zero-order valence-corrected chi connectivity index (χ0v) is 14.4. The van der Waals surface area contributed by atoms with Crippen molar-refractivity contribution < 1.29 is 9.47 Å². The lowest BCUT2D eigenvalue weighted by atomic mass is 9.76. The van der Waals surface area contributed by atoms with E-state index in [0.717, 1.165) is 24.6 Å². The Labute approximate surface area is 137 Å². The molecule has 22 heavy (non-hydrogen) atoms. The Hall–Kier alpha value is -1.13. The van der Waals surface area contributed by atoms with Crippen LogP contribution in [0.25, 0.3) is 0 Å². The number of allylic oxidation sites excluding steroid dienone is 1. The van der Waals surface area contributed by atoms with Gasteiger partial charge in [0.15, 0.2) is 11.5 Å². The molecule has 0 spiro atoms. The van der Waals surface area contributed by atoms with Crippen molar-refractivity contribution in [2.45, 2.75) is 30.9 Å². The zero-order chi connectivity index (χ0) is 15.5. The highest BCUT2D eigenvalue weighted by Crippen LogP contribution is 2.47. The van der Waals surface area contributed by atoms with Crippen LogP contribution in [0.2, 0.25) is 0 Å². The van der Waals surface area contributed by atoms with Crippen molar-refractivity contribution in [2.24, 2.45) is 5.92 Å². The average molecular weight is 319 g/mol. The third-order valence-electron chi connectivity index (χ3n) is 4.74. The average Bonchev–Trinajstić information content (AvgIpc) is 2.98. The third-order valence-corrected chi connectivity index (χ3v) is 5.99. The Kier molecular flexibility index (Phi) is 4.99. The molecule has 2 aliphatic rings. The fourth-order valence-corrected chi connectivity index (χ4v) is 5.07. The van der Waals surface area contributed by atoms with E-state index in [4.69, 9.17) is 9.47 Å². The first kappa shape index (κ1) is 15.8. The van der Waals surface area contributed by atoms with E-state index in [-0.39, 0.29) is 0 Å². The van der Waals surface area contributed by atoms with Crippen LogP contribution >= 0.6 is 11.8 Å². The number of nitrogens with one attached hydrogen (secondary N) is 1. The van der Waals surface area contributed by atoms with Crippen molar-refractivity contribution in [2.75, 3.05) is 27.3 Å². The summed E-state index contributed by atoms with van der Waals surface area (Å²) in [5.41, 5.74) is 2.99. The minimum atomic E-state index is 0.520. The molecule has 3 rings (SSSR count). The van der Waals surface area contributed by atoms with Crippen LogP contribution in [0.1, 0.15) is 31.2 Å². The fraction of sp³-hybridized carbons (Fsp3) is 0.556. The number of thioether (sulfide) groups is 1. The number of methoxy groups -OCH3 is 2. The number of hydrogen-bond acceptors (Lipinski definition) is 4. The monoisotopic (exact) mass is 319 g/mol. The van der Waals surface area contributed by atoms with Crippen molar-refractivity contribution in [1.82, 2.24) is 5.32 Å². The van der Waals surface area contributed by atoms with Crippen molar-refractivity contribution in [3.63, 3.8) is 0 Å². The van der Waals surface area contributed by atoms with Gasteiger partial charge in [-0.2, -0.15) is 0 Å². The second kappa shape index (κ2) is 6.97. The van der Waals surface area contributed by atoms with E-state index in [2.05, 4.69) is 29.8 Å². The number of fused-ring (bicyclic) bond motifs is 1. The summed E-state index contributed by atoms with van der Waals surface area (Å²) in [6.45, 7) is 4.42. The van der Waals surface area contributed by atoms with Crippen molar-refractivity contribution in [3.05, 3.63) is 34.7 Å². The van der Waals surface area contributed by atoms with Gasteiger partial charge in [0.2, 0.25) is 0 Å². The minimum Gasteiger partial charge on any atom is -0.493 e. The number of benzene rings is 1. The van der Waals surface area contributed by atoms with Gasteiger partial charge < -0.3 is 14.8 Å². The molecule has 0 radical (unpaired) electrons. The zero-order valence-electron chi connectivity index (χ0n) is 13.6. The highest BCUT2D eigenvalue weighted by atomic mass is 32.2. The van der Waals surface area contributed by atoms with Gasteiger partial charge in [-0.05, 0) is 29.5 Å². The summed E-state index contributed by atoms with van der Waals surface area (Å²) in [5.74, 6) is 2.81. The van der Waals surface area contributed by atoms with Gasteiger partial charge in [-0.25, -0.2) is 0 Å². The molecule has 1 fully saturated rings. The predicted octanol–water partition coefficient (Wildman–Crippen LogP) is 3.81. The van der Waals surface area contributed by atoms with Crippen LogP contribution in [0.5, 0.6) is 11.5 Å². The summed E-state index contributed by atoms with van der Waals surface area (Å²) >= 11 is 2.01. The van der Waals surface area contributed by atoms with Crippen molar-refractivity contribution in [1.29, 1.82) is 0 Å². The molecular weight excluding hydrogens is 294 g/mol. The Bertz CT molecular complexity index is 558. The highest BCUT2D eigenvalue weighted by molar-refractivity contribution is 8.03. The molecule has 3 atom stereocenters. The first-order valence-corrected chi connectivity index (χ1v) is 8.99. The molecule has 120 valence electrons. The standard InChI is InChI=1S/C18H25NO2S/c1-4-5-13-11-22-17-10-19-9-14(18(13)17)12-6-7-15(20-2)16(8-12)21-3/h6-8,11,14,17-19H,4-5,9-10H2,1-3H3. The maximum atomic E-state index is 5.49. The smallest absolute Gasteiger partial charge is 0.160 e. The predicted molar refractivity (Wildman–Crippen MR) is 93.0 cm³/mol. The molecule has 4 heteroatoms. The molecule has 2 heterocycles. The molecule has 0 bridgehead atoms. The van der Waals surface area contributed by atoms with Gasteiger partial charge >= 0.3 is 0 Å². The third kappa shape index (κ3) is 2.86. The Morgan fingerprint density at radius 2 is 2.00 bits per heavy atom. The molecular formula is C18H25NO2S. The van der Waals surface area contributed by atoms with Crippen LogP contribution in [0.3, 0.4) is 0 Å². The lowest BCUT2D eigenvalue weighted by molar-refractivity contribution is 0.349. The van der Waals surface area contributed by atoms with E-state index in [1.54, 1.807) is 19.8 Å². The molecule has 1 N–H and O–H groups in total. The first-order chi connectivity index (χ1) is 10.8. The Morgan fingerprint density at radius 1 is 1.18 bits per heavy atom. The molecule has 0 aromatic heterocycles. The molecule has 0 aliphatic carbocycles. The number of ether oxygens (including phenoxy) is 2. The molecule has 2 aliphatic heterocycles. The van der Waals surface area contributed by atoms with E-state index in [1.165, 1.54) is 18.4 Å². The molecule has 3 unspecified atom stereocenters. The largest absolute Gasteiger partial charge is 0.493 e. The Balaban J connectivity index is 1.90. The van der Waals surface area contributed by atoms with Gasteiger partial charge in [0, 0.05) is 30.2 Å². The maximum Gasteiger partial charge on any atom is 0.160 e. The molecule has 3 nitrogen and oxygen atoms in total. The van der Waals surface area contributed by atoms with Crippen LogP contribution in [0.15, 0.2) is 29.2 Å². The molecule has 1 saturated heterocycles. The van der Waals surface area contributed by atoms with Crippen LogP contribution in [0.4, 0.5) is 0 Å². The van der Waals surface area contributed by atoms with E-state index in [9.17, 15) is 0 Å². The van der Waals surface area contributed by atoms with Crippen LogP contribution in [-0.2, 0) is 0 Å². The second-order valence-corrected chi connectivity index (χ2v) is 7.14. The molecule has 1 aromatic rings. The summed E-state index contributed by atoms with van der Waals surface area (Å²) in [6, 6.07) is 6.38. The highest BCUT2D eigenvalue weighted by Gasteiger charge is 2.39. The van der Waals surface area contributed by atoms with Gasteiger partial charge in [0.1, 0.15) is 0 Å². The van der Waals surface area contributed by atoms with E-state index >= 15 is 0 Å². The molecule has 1 aromatic carbocycles. The summed E-state index contributed by atoms with van der Waals surface area (Å²) in [4.78, 5) is 0. The lowest BCUT2D eigenvalue weighted by Gasteiger charge is -2.36. The van der Waals surface area contributed by atoms with E-state index in [1.807, 2.05) is 17.8 Å². The van der Waals surface area contributed by atoms with E-state index in [0.29, 0.717) is 17.1 Å². The van der Waals surface area contributed by atoms with Crippen LogP contribution in [0, 0.1) is 5.92 Å². The number of piperidine rings is 1. The minimum absolute atomic E-state index is 0.520. The number of hydrogen-bond donors (Lipinski definition) is 1. The number of rotatable bonds is 5. The SMILES string of the molecule is CCCC1=CSC2CNCC(c3ccc(OC)c(OC)c3)C12. The van der Waals surface area contributed by atoms with Gasteiger partial charge in [0.05, 0.1) is 14.2 Å². The van der Waals surface area contributed by atoms with Crippen molar-refractivity contribution >= 4 is 11.8 Å². The van der Waals surface area contributed by atoms with Gasteiger partial charge in [-0.15, -0.1) is 11.8 Å². The first-order valence-electron chi connectivity index (χ1n) is 8.05. The molecule has 0 amide bonds. The lowest BCUT2D eigenvalue weighted by Crippen LogP contribution is -2.43. The summed E-state index contributed by atoms with van der Waals surface area (Å²) < 4.78 is 10.9. The Morgan fingerprint density at radius 3 is 2.73 bits per heavy atom. The van der Waals surface area contributed by atoms with E-state index < -0.39 is 0 Å². The van der Waals surface area contributed by atoms with Crippen LogP contribution < -0.4 is 14.8 Å². The maximum absolute atomic E-state index is 5.49. The van der Waals surface area contributed by atoms with Gasteiger partial charge in [0.25, 0.3) is 0 Å². The normalized spacial score (nSPS) is 27.2. The van der Waals surface area contributed by atoms with Crippen LogP contribution in [-0.4, -0.2) is 32.6 Å². The topological polar surface area (TPSA) is 30.5 Å². The van der Waals surface area contributed by atoms with Gasteiger partial charge in [-0.3, -0.25) is 0 Å². The summed E-state index contributed by atoms with van der Waals surface area (Å²) in [7, 11) is 3.39.